The smallest absolute Gasteiger partial charge is 0.160 e. The van der Waals surface area contributed by atoms with E-state index in [0.717, 1.165) is 94.2 Å². The van der Waals surface area contributed by atoms with Crippen LogP contribution in [0.15, 0.2) is 179 Å². The predicted octanol–water partition coefficient (Wildman–Crippen LogP) is 12.6. The van der Waals surface area contributed by atoms with Crippen molar-refractivity contribution in [3.8, 4) is 56.2 Å². The van der Waals surface area contributed by atoms with Crippen molar-refractivity contribution in [2.24, 2.45) is 0 Å². The zero-order valence-electron chi connectivity index (χ0n) is 26.9. The Hall–Kier alpha value is -6.78. The lowest BCUT2D eigenvalue weighted by Gasteiger charge is -2.13. The molecule has 0 aliphatic rings. The Morgan fingerprint density at radius 1 is 0.280 bits per heavy atom. The minimum atomic E-state index is 0.641. The molecule has 3 aromatic heterocycles. The fraction of sp³-hybridized carbons (Fsp3) is 0. The predicted molar refractivity (Wildman–Crippen MR) is 204 cm³/mol. The number of hydrogen-bond acceptors (Lipinski definition) is 4. The van der Waals surface area contributed by atoms with Gasteiger partial charge in [-0.25, -0.2) is 9.97 Å². The normalized spacial score (nSPS) is 11.6. The second-order valence-electron chi connectivity index (χ2n) is 12.6. The van der Waals surface area contributed by atoms with Gasteiger partial charge >= 0.3 is 0 Å². The highest BCUT2D eigenvalue weighted by atomic mass is 16.3. The van der Waals surface area contributed by atoms with Crippen molar-refractivity contribution in [2.45, 2.75) is 0 Å². The molecule has 4 nitrogen and oxygen atoms in total. The van der Waals surface area contributed by atoms with Gasteiger partial charge in [0.05, 0.1) is 11.4 Å². The molecule has 0 bridgehead atoms. The molecule has 10 rings (SSSR count). The summed E-state index contributed by atoms with van der Waals surface area (Å²) in [7, 11) is 0. The molecule has 0 N–H and O–H groups in total. The summed E-state index contributed by atoms with van der Waals surface area (Å²) < 4.78 is 12.6. The molecule has 0 saturated heterocycles. The third-order valence-electron chi connectivity index (χ3n) is 9.48. The van der Waals surface area contributed by atoms with Crippen molar-refractivity contribution >= 4 is 43.9 Å². The quantitative estimate of drug-likeness (QED) is 0.188. The number of para-hydroxylation sites is 2. The Bertz CT molecular complexity index is 2680. The van der Waals surface area contributed by atoms with Crippen LogP contribution in [0.2, 0.25) is 0 Å². The van der Waals surface area contributed by atoms with E-state index in [-0.39, 0.29) is 0 Å². The van der Waals surface area contributed by atoms with Crippen molar-refractivity contribution in [3.63, 3.8) is 0 Å². The van der Waals surface area contributed by atoms with E-state index >= 15 is 0 Å². The lowest BCUT2D eigenvalue weighted by molar-refractivity contribution is 0.668. The van der Waals surface area contributed by atoms with Crippen LogP contribution in [0.4, 0.5) is 0 Å². The fourth-order valence-electron chi connectivity index (χ4n) is 6.99. The summed E-state index contributed by atoms with van der Waals surface area (Å²) in [6.45, 7) is 0. The average molecular weight is 641 g/mol. The molecule has 0 aliphatic heterocycles. The molecular weight excluding hydrogens is 613 g/mol. The van der Waals surface area contributed by atoms with Gasteiger partial charge in [0.1, 0.15) is 22.3 Å². The van der Waals surface area contributed by atoms with Gasteiger partial charge in [-0.15, -0.1) is 0 Å². The highest BCUT2D eigenvalue weighted by Gasteiger charge is 2.16. The monoisotopic (exact) mass is 640 g/mol. The third-order valence-corrected chi connectivity index (χ3v) is 9.48. The molecule has 0 radical (unpaired) electrons. The summed E-state index contributed by atoms with van der Waals surface area (Å²) in [5, 5.41) is 4.36. The second kappa shape index (κ2) is 11.4. The SMILES string of the molecule is c1ccc(-c2cc(-c3ccccc3)cc(-c3nc(-c4ccc5c(c4)oc4ccccc45)cc(-c4ccc5c(c4)oc4ccccc45)n3)c2)cc1. The van der Waals surface area contributed by atoms with Crippen LogP contribution in [0.3, 0.4) is 0 Å². The van der Waals surface area contributed by atoms with Crippen LogP contribution in [0.25, 0.3) is 100 Å². The number of furan rings is 2. The van der Waals surface area contributed by atoms with Crippen LogP contribution in [0.5, 0.6) is 0 Å². The summed E-state index contributed by atoms with van der Waals surface area (Å²) >= 11 is 0. The fourth-order valence-corrected chi connectivity index (χ4v) is 6.99. The Balaban J connectivity index is 1.20. The molecule has 7 aromatic carbocycles. The van der Waals surface area contributed by atoms with Gasteiger partial charge in [0.15, 0.2) is 5.82 Å². The maximum absolute atomic E-state index is 6.29. The van der Waals surface area contributed by atoms with Gasteiger partial charge in [-0.2, -0.15) is 0 Å². The Labute approximate surface area is 287 Å². The van der Waals surface area contributed by atoms with Crippen LogP contribution in [-0.4, -0.2) is 9.97 Å². The molecule has 234 valence electrons. The van der Waals surface area contributed by atoms with Gasteiger partial charge in [-0.1, -0.05) is 109 Å². The van der Waals surface area contributed by atoms with Crippen molar-refractivity contribution in [3.05, 3.63) is 170 Å². The Morgan fingerprint density at radius 2 is 0.700 bits per heavy atom. The molecule has 0 fully saturated rings. The number of hydrogen-bond donors (Lipinski definition) is 0. The zero-order chi connectivity index (χ0) is 33.0. The molecule has 10 aromatic rings. The molecule has 0 saturated carbocycles. The van der Waals surface area contributed by atoms with Gasteiger partial charge in [-0.3, -0.25) is 0 Å². The van der Waals surface area contributed by atoms with Crippen molar-refractivity contribution in [1.82, 2.24) is 9.97 Å². The summed E-state index contributed by atoms with van der Waals surface area (Å²) in [6, 6.07) is 58.6. The van der Waals surface area contributed by atoms with Crippen LogP contribution >= 0.6 is 0 Å². The van der Waals surface area contributed by atoms with Gasteiger partial charge < -0.3 is 8.83 Å². The Kier molecular flexibility index (Phi) is 6.46. The van der Waals surface area contributed by atoms with Crippen LogP contribution in [-0.2, 0) is 0 Å². The maximum Gasteiger partial charge on any atom is 0.160 e. The molecule has 50 heavy (non-hydrogen) atoms. The summed E-state index contributed by atoms with van der Waals surface area (Å²) in [4.78, 5) is 10.5. The Morgan fingerprint density at radius 3 is 1.20 bits per heavy atom. The highest BCUT2D eigenvalue weighted by molar-refractivity contribution is 6.07. The van der Waals surface area contributed by atoms with E-state index in [9.17, 15) is 0 Å². The van der Waals surface area contributed by atoms with Gasteiger partial charge in [0, 0.05) is 38.2 Å². The number of aromatic nitrogens is 2. The van der Waals surface area contributed by atoms with Crippen LogP contribution in [0, 0.1) is 0 Å². The first kappa shape index (κ1) is 28.3. The molecular formula is C46H28N2O2. The van der Waals surface area contributed by atoms with E-state index in [4.69, 9.17) is 18.8 Å². The van der Waals surface area contributed by atoms with Crippen molar-refractivity contribution in [1.29, 1.82) is 0 Å². The van der Waals surface area contributed by atoms with E-state index in [1.165, 1.54) is 0 Å². The van der Waals surface area contributed by atoms with E-state index in [1.54, 1.807) is 0 Å². The number of fused-ring (bicyclic) bond motifs is 6. The number of benzene rings is 7. The summed E-state index contributed by atoms with van der Waals surface area (Å²) in [6.07, 6.45) is 0. The maximum atomic E-state index is 6.29. The summed E-state index contributed by atoms with van der Waals surface area (Å²) in [5.74, 6) is 0.641. The molecule has 4 heteroatoms. The molecule has 0 aliphatic carbocycles. The average Bonchev–Trinajstić information content (AvgIpc) is 3.76. The molecule has 0 unspecified atom stereocenters. The minimum absolute atomic E-state index is 0.641. The first-order valence-corrected chi connectivity index (χ1v) is 16.7. The third kappa shape index (κ3) is 4.85. The zero-order valence-corrected chi connectivity index (χ0v) is 26.9. The largest absolute Gasteiger partial charge is 0.456 e. The van der Waals surface area contributed by atoms with E-state index in [1.807, 2.05) is 48.5 Å². The molecule has 0 amide bonds. The van der Waals surface area contributed by atoms with Gasteiger partial charge in [0.2, 0.25) is 0 Å². The van der Waals surface area contributed by atoms with E-state index < -0.39 is 0 Å². The van der Waals surface area contributed by atoms with Crippen molar-refractivity contribution < 1.29 is 8.83 Å². The van der Waals surface area contributed by atoms with Crippen LogP contribution < -0.4 is 0 Å². The topological polar surface area (TPSA) is 52.1 Å². The number of nitrogens with zero attached hydrogens (tertiary/aromatic N) is 2. The van der Waals surface area contributed by atoms with Gasteiger partial charge in [0.25, 0.3) is 0 Å². The number of rotatable bonds is 5. The first-order chi connectivity index (χ1) is 24.7. The molecule has 0 spiro atoms. The van der Waals surface area contributed by atoms with Crippen molar-refractivity contribution in [2.75, 3.05) is 0 Å². The molecule has 0 atom stereocenters. The first-order valence-electron chi connectivity index (χ1n) is 16.7. The lowest BCUT2D eigenvalue weighted by atomic mass is 9.95. The lowest BCUT2D eigenvalue weighted by Crippen LogP contribution is -1.97. The highest BCUT2D eigenvalue weighted by Crippen LogP contribution is 2.37. The van der Waals surface area contributed by atoms with Crippen LogP contribution in [0.1, 0.15) is 0 Å². The van der Waals surface area contributed by atoms with E-state index in [2.05, 4.69) is 121 Å². The molecule has 3 heterocycles. The van der Waals surface area contributed by atoms with Gasteiger partial charge in [-0.05, 0) is 82.9 Å². The summed E-state index contributed by atoms with van der Waals surface area (Å²) in [5.41, 5.74) is 12.3. The minimum Gasteiger partial charge on any atom is -0.456 e. The second-order valence-corrected chi connectivity index (χ2v) is 12.6. The van der Waals surface area contributed by atoms with E-state index in [0.29, 0.717) is 5.82 Å². The standard InChI is InChI=1S/C46H28N2O2/c1-3-11-29(12-4-1)33-23-34(30-13-5-2-6-14-30)25-35(24-33)46-47-40(31-19-21-38-36-15-7-9-17-42(36)49-44(38)26-31)28-41(48-46)32-20-22-39-37-16-8-10-18-43(37)50-45(39)27-32/h1-28H.